The third kappa shape index (κ3) is 33.4. The predicted molar refractivity (Wildman–Crippen MR) is 38.4 cm³/mol. The van der Waals surface area contributed by atoms with Crippen LogP contribution in [0.25, 0.3) is 0 Å². The van der Waals surface area contributed by atoms with Gasteiger partial charge < -0.3 is 9.79 Å². The topological polar surface area (TPSA) is 89.5 Å². The van der Waals surface area contributed by atoms with Crippen molar-refractivity contribution >= 4 is 77.0 Å². The summed E-state index contributed by atoms with van der Waals surface area (Å²) in [6.45, 7) is 1.89. The molecule has 0 N–H and O–H groups in total. The second kappa shape index (κ2) is 14.5. The minimum Gasteiger partial charge on any atom is -0.563 e. The van der Waals surface area contributed by atoms with E-state index in [0.29, 0.717) is 0 Å². The van der Waals surface area contributed by atoms with Crippen LogP contribution in [0.1, 0.15) is 6.92 Å². The zero-order chi connectivity index (χ0) is 8.57. The van der Waals surface area contributed by atoms with Crippen molar-refractivity contribution in [2.75, 3.05) is 5.88 Å². The number of rotatable bonds is 2. The number of hydrogen-bond acceptors (Lipinski definition) is 5. The molecule has 9 heteroatoms. The summed E-state index contributed by atoms with van der Waals surface area (Å²) in [5.41, 5.74) is 0. The van der Waals surface area contributed by atoms with E-state index in [1.807, 2.05) is 6.92 Å². The zero-order valence-electron chi connectivity index (χ0n) is 5.73. The van der Waals surface area contributed by atoms with Gasteiger partial charge in [-0.1, -0.05) is 6.92 Å². The molecule has 60 valence electrons. The molecule has 0 rings (SSSR count). The van der Waals surface area contributed by atoms with Crippen molar-refractivity contribution in [3.05, 3.63) is 0 Å². The summed E-state index contributed by atoms with van der Waals surface area (Å²) in [7, 11) is -6.47. The Labute approximate surface area is 111 Å². The number of halogens is 1. The van der Waals surface area contributed by atoms with E-state index < -0.39 is 16.5 Å². The third-order valence-corrected chi connectivity index (χ3v) is 1.20. The van der Waals surface area contributed by atoms with Crippen molar-refractivity contribution in [2.45, 2.75) is 6.92 Å². The van der Waals surface area contributed by atoms with E-state index in [1.165, 1.54) is 0 Å². The van der Waals surface area contributed by atoms with Crippen LogP contribution in [0.4, 0.5) is 0 Å². The summed E-state index contributed by atoms with van der Waals surface area (Å²) >= 11 is 5.00. The van der Waals surface area contributed by atoms with Crippen LogP contribution in [0.5, 0.6) is 0 Å². The summed E-state index contributed by atoms with van der Waals surface area (Å²) in [5, 5.41) is 0. The molecule has 2 atom stereocenters. The zero-order valence-corrected chi connectivity index (χ0v) is 12.7. The summed E-state index contributed by atoms with van der Waals surface area (Å²) in [5.74, 6) is 0.722. The Hall–Kier alpha value is 1.94. The van der Waals surface area contributed by atoms with Gasteiger partial charge in [0.25, 0.3) is 0 Å². The maximum Gasteiger partial charge on any atom is 2.00 e. The maximum atomic E-state index is 9.24. The first kappa shape index (κ1) is 18.7. The van der Waals surface area contributed by atoms with Gasteiger partial charge in [-0.15, -0.1) is 11.6 Å². The molecule has 0 bridgehead atoms. The van der Waals surface area contributed by atoms with Crippen molar-refractivity contribution in [3.8, 4) is 0 Å². The van der Waals surface area contributed by atoms with Gasteiger partial charge in [0.15, 0.2) is 0 Å². The van der Waals surface area contributed by atoms with Crippen LogP contribution in [0.3, 0.4) is 0 Å². The Balaban J connectivity index is -0.000000140. The minimum atomic E-state index is -3.24. The summed E-state index contributed by atoms with van der Waals surface area (Å²) in [6, 6.07) is 0. The average molecular weight is 344 g/mol. The molecule has 0 saturated carbocycles. The quantitative estimate of drug-likeness (QED) is 0.397. The van der Waals surface area contributed by atoms with Crippen LogP contribution < -0.4 is 9.79 Å². The fourth-order valence-electron chi connectivity index (χ4n) is 0.0544. The second-order valence-electron chi connectivity index (χ2n) is 0.796. The summed E-state index contributed by atoms with van der Waals surface area (Å²) in [6.07, 6.45) is 0. The van der Waals surface area contributed by atoms with Gasteiger partial charge in [0, 0.05) is 5.88 Å². The molecule has 0 aromatic rings. The normalized spacial score (nSPS) is 10.2. The molecule has 0 fully saturated rings. The number of hydrogen-bond donors (Lipinski definition) is 0. The Morgan fingerprint density at radius 2 is 1.55 bits per heavy atom. The van der Waals surface area contributed by atoms with Crippen LogP contribution >= 0.6 is 28.1 Å². The molecule has 5 nitrogen and oxygen atoms in total. The Morgan fingerprint density at radius 3 is 1.55 bits per heavy atom. The Bertz CT molecular complexity index is 109. The summed E-state index contributed by atoms with van der Waals surface area (Å²) < 4.78 is 21.6. The smallest absolute Gasteiger partial charge is 0.563 e. The van der Waals surface area contributed by atoms with Gasteiger partial charge in [0.05, 0.1) is 0 Å². The van der Waals surface area contributed by atoms with Gasteiger partial charge in [-0.25, -0.2) is 0 Å². The fourth-order valence-corrected chi connectivity index (χ4v) is 0.490. The Morgan fingerprint density at radius 1 is 1.36 bits per heavy atom. The standard InChI is InChI=1S/C2H5Cl.Ba.O5P2/c1-2-3;;1-6(2)5-7(3)4/h2H2,1H3;;/q;+2;. The molecule has 0 heterocycles. The molecule has 0 saturated heterocycles. The molecule has 0 aliphatic rings. The molecule has 0 radical (unpaired) electrons. The van der Waals surface area contributed by atoms with Gasteiger partial charge in [-0.2, -0.15) is 0 Å². The van der Waals surface area contributed by atoms with Crippen molar-refractivity contribution < 1.29 is 23.2 Å². The Kier molecular flexibility index (Phi) is 24.6. The molecule has 0 aliphatic carbocycles. The third-order valence-electron chi connectivity index (χ3n) is 0.133. The fraction of sp³-hybridized carbons (Fsp3) is 1.00. The van der Waals surface area contributed by atoms with Crippen LogP contribution in [0, 0.1) is 0 Å². The molecule has 11 heavy (non-hydrogen) atoms. The molecular weight excluding hydrogens is 339 g/mol. The van der Waals surface area contributed by atoms with E-state index in [9.17, 15) is 18.9 Å². The first-order chi connectivity index (χ1) is 4.54. The molecule has 2 unspecified atom stereocenters. The molecule has 0 spiro atoms. The van der Waals surface area contributed by atoms with Crippen molar-refractivity contribution in [3.63, 3.8) is 0 Å². The van der Waals surface area contributed by atoms with Gasteiger partial charge in [-0.3, -0.25) is 0 Å². The molecule has 0 aliphatic heterocycles. The van der Waals surface area contributed by atoms with E-state index in [4.69, 9.17) is 11.6 Å². The van der Waals surface area contributed by atoms with Crippen molar-refractivity contribution in [2.24, 2.45) is 0 Å². The van der Waals surface area contributed by atoms with Crippen LogP contribution in [0.2, 0.25) is 0 Å². The second-order valence-corrected chi connectivity index (χ2v) is 2.88. The van der Waals surface area contributed by atoms with Gasteiger partial charge in [0.2, 0.25) is 0 Å². The van der Waals surface area contributed by atoms with E-state index in [0.717, 1.165) is 5.88 Å². The predicted octanol–water partition coefficient (Wildman–Crippen LogP) is -0.0973. The van der Waals surface area contributed by atoms with E-state index in [-0.39, 0.29) is 48.9 Å². The average Bonchev–Trinajstić information content (AvgIpc) is 1.62. The van der Waals surface area contributed by atoms with Gasteiger partial charge in [-0.05, 0) is 9.13 Å². The molecule has 0 aromatic carbocycles. The number of alkyl halides is 1. The SMILES string of the molecule is CCCl.O=[P+]([O-])O[P+](=O)[O-].[Ba+2]. The van der Waals surface area contributed by atoms with Crippen LogP contribution in [-0.4, -0.2) is 54.8 Å². The van der Waals surface area contributed by atoms with Crippen LogP contribution in [0.15, 0.2) is 0 Å². The van der Waals surface area contributed by atoms with Crippen molar-refractivity contribution in [1.82, 2.24) is 0 Å². The van der Waals surface area contributed by atoms with Gasteiger partial charge in [0.1, 0.15) is 4.31 Å². The first-order valence-electron chi connectivity index (χ1n) is 2.07. The monoisotopic (exact) mass is 344 g/mol. The molecule has 0 aromatic heterocycles. The molecule has 0 amide bonds. The maximum absolute atomic E-state index is 9.24. The molecular formula is C2H5BaClO5P2+2. The van der Waals surface area contributed by atoms with Crippen molar-refractivity contribution in [1.29, 1.82) is 0 Å². The van der Waals surface area contributed by atoms with Gasteiger partial charge >= 0.3 is 65.4 Å². The van der Waals surface area contributed by atoms with E-state index in [2.05, 4.69) is 4.31 Å². The van der Waals surface area contributed by atoms with Crippen LogP contribution in [-0.2, 0) is 13.4 Å². The van der Waals surface area contributed by atoms with E-state index >= 15 is 0 Å². The first-order valence-corrected chi connectivity index (χ1v) is 4.80. The van der Waals surface area contributed by atoms with E-state index in [1.54, 1.807) is 0 Å². The largest absolute Gasteiger partial charge is 2.00 e. The summed E-state index contributed by atoms with van der Waals surface area (Å²) in [4.78, 5) is 18.5. The minimum absolute atomic E-state index is 0.